The minimum atomic E-state index is -0.325. The number of nitrogens with one attached hydrogen (secondary N) is 2. The molecule has 2 amide bonds. The van der Waals surface area contributed by atoms with E-state index in [1.165, 1.54) is 11.3 Å². The molecule has 2 aliphatic rings. The Morgan fingerprint density at radius 2 is 2.00 bits per heavy atom. The third-order valence-electron chi connectivity index (χ3n) is 5.49. The van der Waals surface area contributed by atoms with Crippen LogP contribution in [0.3, 0.4) is 0 Å². The summed E-state index contributed by atoms with van der Waals surface area (Å²) in [4.78, 5) is 14.9. The molecule has 5 heteroatoms. The number of aliphatic hydroxyl groups is 1. The zero-order valence-corrected chi connectivity index (χ0v) is 15.0. The highest BCUT2D eigenvalue weighted by atomic mass is 16.3. The minimum absolute atomic E-state index is 0.00697. The first-order chi connectivity index (χ1) is 12.6. The lowest BCUT2D eigenvalue weighted by molar-refractivity contribution is 0.159. The van der Waals surface area contributed by atoms with Crippen molar-refractivity contribution in [2.45, 2.75) is 37.8 Å². The smallest absolute Gasteiger partial charge is 0.319 e. The average Bonchev–Trinajstić information content (AvgIpc) is 2.65. The molecule has 1 aliphatic heterocycles. The molecule has 0 saturated heterocycles. The van der Waals surface area contributed by atoms with Gasteiger partial charge in [-0.25, -0.2) is 4.79 Å². The molecule has 0 aromatic heterocycles. The Morgan fingerprint density at radius 3 is 2.88 bits per heavy atom. The molecular formula is C21H25N3O2. The van der Waals surface area contributed by atoms with Crippen LogP contribution in [0.2, 0.25) is 0 Å². The topological polar surface area (TPSA) is 64.6 Å². The fourth-order valence-electron chi connectivity index (χ4n) is 4.08. The summed E-state index contributed by atoms with van der Waals surface area (Å²) < 4.78 is 0. The molecule has 0 spiro atoms. The van der Waals surface area contributed by atoms with Crippen LogP contribution in [0, 0.1) is 0 Å². The van der Waals surface area contributed by atoms with Gasteiger partial charge in [-0.3, -0.25) is 0 Å². The van der Waals surface area contributed by atoms with Gasteiger partial charge in [0.2, 0.25) is 0 Å². The number of rotatable bonds is 2. The summed E-state index contributed by atoms with van der Waals surface area (Å²) in [6.45, 7) is 0.912. The van der Waals surface area contributed by atoms with E-state index in [1.54, 1.807) is 0 Å². The number of aryl methyl sites for hydroxylation is 1. The number of para-hydroxylation sites is 1. The average molecular weight is 351 g/mol. The van der Waals surface area contributed by atoms with Crippen LogP contribution in [0.15, 0.2) is 42.5 Å². The molecule has 2 atom stereocenters. The van der Waals surface area contributed by atoms with Crippen LogP contribution in [-0.4, -0.2) is 30.8 Å². The van der Waals surface area contributed by atoms with Crippen molar-refractivity contribution in [3.63, 3.8) is 0 Å². The summed E-state index contributed by atoms with van der Waals surface area (Å²) in [5.41, 5.74) is 5.41. The van der Waals surface area contributed by atoms with Crippen molar-refractivity contribution in [1.29, 1.82) is 0 Å². The summed E-state index contributed by atoms with van der Waals surface area (Å²) in [5.74, 6) is 0. The first-order valence-electron chi connectivity index (χ1n) is 9.28. The van der Waals surface area contributed by atoms with Crippen LogP contribution < -0.4 is 15.5 Å². The number of amides is 2. The molecule has 2 unspecified atom stereocenters. The molecule has 0 bridgehead atoms. The van der Waals surface area contributed by atoms with Gasteiger partial charge in [0.15, 0.2) is 0 Å². The number of fused-ring (bicyclic) bond motifs is 2. The molecule has 136 valence electrons. The first-order valence-corrected chi connectivity index (χ1v) is 9.28. The van der Waals surface area contributed by atoms with Crippen LogP contribution in [0.1, 0.15) is 35.6 Å². The quantitative estimate of drug-likeness (QED) is 0.778. The van der Waals surface area contributed by atoms with E-state index in [0.717, 1.165) is 42.6 Å². The maximum atomic E-state index is 12.6. The van der Waals surface area contributed by atoms with Crippen LogP contribution in [0.4, 0.5) is 16.2 Å². The molecule has 0 fully saturated rings. The predicted molar refractivity (Wildman–Crippen MR) is 104 cm³/mol. The van der Waals surface area contributed by atoms with Crippen molar-refractivity contribution < 1.29 is 9.90 Å². The molecule has 2 aromatic rings. The highest BCUT2D eigenvalue weighted by molar-refractivity contribution is 5.91. The van der Waals surface area contributed by atoms with E-state index in [1.807, 2.05) is 24.3 Å². The lowest BCUT2D eigenvalue weighted by Gasteiger charge is -2.33. The fraction of sp³-hybridized carbons (Fsp3) is 0.381. The number of nitrogens with zero attached hydrogens (tertiary/aromatic N) is 1. The van der Waals surface area contributed by atoms with Crippen molar-refractivity contribution in [3.05, 3.63) is 59.2 Å². The molecule has 0 saturated carbocycles. The lowest BCUT2D eigenvalue weighted by atomic mass is 9.88. The van der Waals surface area contributed by atoms with Crippen LogP contribution in [0.5, 0.6) is 0 Å². The van der Waals surface area contributed by atoms with Gasteiger partial charge < -0.3 is 20.6 Å². The number of urea groups is 1. The molecule has 26 heavy (non-hydrogen) atoms. The van der Waals surface area contributed by atoms with Crippen molar-refractivity contribution in [2.75, 3.05) is 23.8 Å². The Kier molecular flexibility index (Phi) is 4.55. The van der Waals surface area contributed by atoms with E-state index in [4.69, 9.17) is 0 Å². The van der Waals surface area contributed by atoms with Gasteiger partial charge in [0.1, 0.15) is 0 Å². The maximum absolute atomic E-state index is 12.6. The fourth-order valence-corrected chi connectivity index (χ4v) is 4.08. The summed E-state index contributed by atoms with van der Waals surface area (Å²) in [5, 5.41) is 16.1. The monoisotopic (exact) mass is 351 g/mol. The molecule has 0 radical (unpaired) electrons. The van der Waals surface area contributed by atoms with E-state index in [2.05, 4.69) is 40.8 Å². The van der Waals surface area contributed by atoms with Crippen molar-refractivity contribution in [1.82, 2.24) is 5.32 Å². The van der Waals surface area contributed by atoms with Gasteiger partial charge in [-0.15, -0.1) is 0 Å². The third kappa shape index (κ3) is 3.27. The van der Waals surface area contributed by atoms with Crippen molar-refractivity contribution in [3.8, 4) is 0 Å². The van der Waals surface area contributed by atoms with E-state index in [0.29, 0.717) is 6.42 Å². The molecule has 2 aromatic carbocycles. The molecule has 3 N–H and O–H groups in total. The lowest BCUT2D eigenvalue weighted by Crippen LogP contribution is -2.38. The predicted octanol–water partition coefficient (Wildman–Crippen LogP) is 3.24. The molecule has 5 nitrogen and oxygen atoms in total. The zero-order valence-electron chi connectivity index (χ0n) is 15.0. The zero-order chi connectivity index (χ0) is 18.1. The number of hydrogen-bond donors (Lipinski definition) is 3. The van der Waals surface area contributed by atoms with Gasteiger partial charge in [0.05, 0.1) is 12.1 Å². The van der Waals surface area contributed by atoms with E-state index in [9.17, 15) is 9.90 Å². The largest absolute Gasteiger partial charge is 0.393 e. The SMILES string of the molecule is CN1CCC(NC(=O)Nc2cccc3c2CC(O)CC3)c2ccccc21. The van der Waals surface area contributed by atoms with Crippen molar-refractivity contribution in [2.24, 2.45) is 0 Å². The van der Waals surface area contributed by atoms with Gasteiger partial charge in [-0.2, -0.15) is 0 Å². The first kappa shape index (κ1) is 16.9. The summed E-state index contributed by atoms with van der Waals surface area (Å²) in [6, 6.07) is 14.0. The summed E-state index contributed by atoms with van der Waals surface area (Å²) in [7, 11) is 2.08. The van der Waals surface area contributed by atoms with Gasteiger partial charge >= 0.3 is 6.03 Å². The van der Waals surface area contributed by atoms with E-state index < -0.39 is 0 Å². The minimum Gasteiger partial charge on any atom is -0.393 e. The number of aliphatic hydroxyl groups excluding tert-OH is 1. The molecule has 4 rings (SSSR count). The molecule has 1 heterocycles. The second-order valence-corrected chi connectivity index (χ2v) is 7.26. The Balaban J connectivity index is 1.50. The number of hydrogen-bond acceptors (Lipinski definition) is 3. The Hall–Kier alpha value is -2.53. The van der Waals surface area contributed by atoms with E-state index in [-0.39, 0.29) is 18.2 Å². The van der Waals surface area contributed by atoms with Crippen molar-refractivity contribution >= 4 is 17.4 Å². The van der Waals surface area contributed by atoms with Crippen LogP contribution in [0.25, 0.3) is 0 Å². The van der Waals surface area contributed by atoms with E-state index >= 15 is 0 Å². The molecule has 1 aliphatic carbocycles. The summed E-state index contributed by atoms with van der Waals surface area (Å²) in [6.07, 6.45) is 2.80. The highest BCUT2D eigenvalue weighted by Crippen LogP contribution is 2.33. The van der Waals surface area contributed by atoms with Gasteiger partial charge in [-0.05, 0) is 48.1 Å². The number of anilines is 2. The number of benzene rings is 2. The van der Waals surface area contributed by atoms with Gasteiger partial charge in [-0.1, -0.05) is 30.3 Å². The third-order valence-corrected chi connectivity index (χ3v) is 5.49. The Labute approximate surface area is 154 Å². The van der Waals surface area contributed by atoms with Gasteiger partial charge in [0.25, 0.3) is 0 Å². The normalized spacial score (nSPS) is 21.5. The second-order valence-electron chi connectivity index (χ2n) is 7.26. The number of carbonyl (C=O) groups is 1. The number of carbonyl (C=O) groups excluding carboxylic acids is 1. The van der Waals surface area contributed by atoms with Crippen LogP contribution in [-0.2, 0) is 12.8 Å². The second kappa shape index (κ2) is 7.00. The highest BCUT2D eigenvalue weighted by Gasteiger charge is 2.25. The van der Waals surface area contributed by atoms with Crippen LogP contribution >= 0.6 is 0 Å². The summed E-state index contributed by atoms with van der Waals surface area (Å²) >= 11 is 0. The molecular weight excluding hydrogens is 326 g/mol. The van der Waals surface area contributed by atoms with Gasteiger partial charge in [0, 0.05) is 31.4 Å². The Bertz CT molecular complexity index is 821. The maximum Gasteiger partial charge on any atom is 0.319 e. The Morgan fingerprint density at radius 1 is 1.15 bits per heavy atom. The standard InChI is InChI=1S/C21H25N3O2/c1-24-12-11-19(16-6-2-3-8-20(16)24)23-21(26)22-18-7-4-5-14-9-10-15(25)13-17(14)18/h2-8,15,19,25H,9-13H2,1H3,(H2,22,23,26).